The van der Waals surface area contributed by atoms with Crippen LogP contribution in [-0.2, 0) is 0 Å². The second kappa shape index (κ2) is 4.44. The van der Waals surface area contributed by atoms with E-state index in [1.54, 1.807) is 12.5 Å². The van der Waals surface area contributed by atoms with E-state index in [2.05, 4.69) is 39.6 Å². The number of anilines is 1. The van der Waals surface area contributed by atoms with Crippen molar-refractivity contribution in [2.75, 3.05) is 5.32 Å². The third-order valence-corrected chi connectivity index (χ3v) is 2.87. The van der Waals surface area contributed by atoms with Crippen LogP contribution in [0.15, 0.2) is 49.1 Å². The number of benzene rings is 1. The zero-order valence-electron chi connectivity index (χ0n) is 9.99. The third kappa shape index (κ3) is 1.90. The van der Waals surface area contributed by atoms with E-state index in [4.69, 9.17) is 0 Å². The zero-order valence-corrected chi connectivity index (χ0v) is 9.99. The lowest BCUT2D eigenvalue weighted by molar-refractivity contribution is 0.872. The molecule has 0 bridgehead atoms. The SMILES string of the molecule is C[C@@H](Nc1nccn2cnnc12)c1ccccc1. The summed E-state index contributed by atoms with van der Waals surface area (Å²) in [5.41, 5.74) is 1.95. The van der Waals surface area contributed by atoms with Crippen LogP contribution in [0.3, 0.4) is 0 Å². The molecule has 0 aliphatic heterocycles. The molecule has 0 amide bonds. The molecule has 5 heteroatoms. The molecule has 0 aliphatic carbocycles. The van der Waals surface area contributed by atoms with Crippen LogP contribution in [0.1, 0.15) is 18.5 Å². The Bertz CT molecular complexity index is 647. The average molecular weight is 239 g/mol. The molecule has 2 heterocycles. The minimum Gasteiger partial charge on any atom is -0.360 e. The number of nitrogens with zero attached hydrogens (tertiary/aromatic N) is 4. The van der Waals surface area contributed by atoms with Crippen LogP contribution in [-0.4, -0.2) is 19.6 Å². The fourth-order valence-electron chi connectivity index (χ4n) is 1.89. The first kappa shape index (κ1) is 10.7. The van der Waals surface area contributed by atoms with Gasteiger partial charge in [-0.15, -0.1) is 10.2 Å². The third-order valence-electron chi connectivity index (χ3n) is 2.87. The van der Waals surface area contributed by atoms with Crippen molar-refractivity contribution in [3.8, 4) is 0 Å². The predicted molar refractivity (Wildman–Crippen MR) is 69.3 cm³/mol. The number of fused-ring (bicyclic) bond motifs is 1. The molecule has 3 aromatic rings. The summed E-state index contributed by atoms with van der Waals surface area (Å²) < 4.78 is 1.84. The summed E-state index contributed by atoms with van der Waals surface area (Å²) in [7, 11) is 0. The number of nitrogens with one attached hydrogen (secondary N) is 1. The summed E-state index contributed by atoms with van der Waals surface area (Å²) in [6.45, 7) is 2.09. The zero-order chi connectivity index (χ0) is 12.4. The van der Waals surface area contributed by atoms with Gasteiger partial charge in [-0.25, -0.2) is 4.98 Å². The van der Waals surface area contributed by atoms with Crippen LogP contribution in [0.4, 0.5) is 5.82 Å². The molecule has 5 nitrogen and oxygen atoms in total. The summed E-state index contributed by atoms with van der Waals surface area (Å²) in [4.78, 5) is 4.31. The summed E-state index contributed by atoms with van der Waals surface area (Å²) in [6, 6.07) is 10.4. The van der Waals surface area contributed by atoms with Gasteiger partial charge in [-0.2, -0.15) is 0 Å². The van der Waals surface area contributed by atoms with E-state index in [1.165, 1.54) is 5.56 Å². The number of hydrogen-bond acceptors (Lipinski definition) is 4. The Kier molecular flexibility index (Phi) is 2.64. The Morgan fingerprint density at radius 1 is 1.22 bits per heavy atom. The molecule has 90 valence electrons. The van der Waals surface area contributed by atoms with Crippen LogP contribution in [0.2, 0.25) is 0 Å². The van der Waals surface area contributed by atoms with Gasteiger partial charge < -0.3 is 5.32 Å². The van der Waals surface area contributed by atoms with Gasteiger partial charge >= 0.3 is 0 Å². The first-order valence-electron chi connectivity index (χ1n) is 5.80. The minimum atomic E-state index is 0.168. The molecule has 1 N–H and O–H groups in total. The maximum absolute atomic E-state index is 4.31. The van der Waals surface area contributed by atoms with E-state index in [1.807, 2.05) is 28.8 Å². The van der Waals surface area contributed by atoms with Crippen LogP contribution in [0, 0.1) is 0 Å². The van der Waals surface area contributed by atoms with E-state index in [0.717, 1.165) is 11.5 Å². The van der Waals surface area contributed by atoms with Gasteiger partial charge in [0.25, 0.3) is 0 Å². The van der Waals surface area contributed by atoms with Gasteiger partial charge in [0.15, 0.2) is 5.82 Å². The Hall–Kier alpha value is -2.43. The molecular weight excluding hydrogens is 226 g/mol. The lowest BCUT2D eigenvalue weighted by atomic mass is 10.1. The van der Waals surface area contributed by atoms with Crippen molar-refractivity contribution in [3.63, 3.8) is 0 Å². The summed E-state index contributed by atoms with van der Waals surface area (Å²) in [5.74, 6) is 0.742. The fraction of sp³-hybridized carbons (Fsp3) is 0.154. The van der Waals surface area contributed by atoms with E-state index in [-0.39, 0.29) is 6.04 Å². The number of hydrogen-bond donors (Lipinski definition) is 1. The Morgan fingerprint density at radius 2 is 2.06 bits per heavy atom. The number of aromatic nitrogens is 4. The second-order valence-corrected chi connectivity index (χ2v) is 4.11. The topological polar surface area (TPSA) is 55.1 Å². The van der Waals surface area contributed by atoms with Crippen LogP contribution < -0.4 is 5.32 Å². The quantitative estimate of drug-likeness (QED) is 0.762. The first-order chi connectivity index (χ1) is 8.84. The smallest absolute Gasteiger partial charge is 0.203 e. The van der Waals surface area contributed by atoms with E-state index >= 15 is 0 Å². The van der Waals surface area contributed by atoms with Gasteiger partial charge in [-0.1, -0.05) is 30.3 Å². The van der Waals surface area contributed by atoms with Crippen molar-refractivity contribution in [2.45, 2.75) is 13.0 Å². The van der Waals surface area contributed by atoms with Crippen LogP contribution >= 0.6 is 0 Å². The standard InChI is InChI=1S/C13H13N5/c1-10(11-5-3-2-4-6-11)16-12-13-17-15-9-18(13)8-7-14-12/h2-10H,1H3,(H,14,16)/t10-/m1/s1. The van der Waals surface area contributed by atoms with Crippen LogP contribution in [0.25, 0.3) is 5.65 Å². The summed E-state index contributed by atoms with van der Waals surface area (Å²) in [5, 5.41) is 11.3. The highest BCUT2D eigenvalue weighted by Crippen LogP contribution is 2.19. The lowest BCUT2D eigenvalue weighted by Crippen LogP contribution is -2.09. The Morgan fingerprint density at radius 3 is 2.89 bits per heavy atom. The summed E-state index contributed by atoms with van der Waals surface area (Å²) in [6.07, 6.45) is 5.22. The van der Waals surface area contributed by atoms with Crippen molar-refractivity contribution in [2.24, 2.45) is 0 Å². The predicted octanol–water partition coefficient (Wildman–Crippen LogP) is 2.30. The van der Waals surface area contributed by atoms with E-state index in [0.29, 0.717) is 0 Å². The largest absolute Gasteiger partial charge is 0.360 e. The second-order valence-electron chi connectivity index (χ2n) is 4.11. The van der Waals surface area contributed by atoms with Gasteiger partial charge in [-0.05, 0) is 12.5 Å². The molecule has 3 rings (SSSR count). The molecule has 2 aromatic heterocycles. The fourth-order valence-corrected chi connectivity index (χ4v) is 1.89. The minimum absolute atomic E-state index is 0.168. The van der Waals surface area contributed by atoms with Gasteiger partial charge in [0, 0.05) is 12.4 Å². The monoisotopic (exact) mass is 239 g/mol. The molecule has 0 radical (unpaired) electrons. The van der Waals surface area contributed by atoms with Crippen molar-refractivity contribution in [1.29, 1.82) is 0 Å². The molecule has 0 aliphatic rings. The molecule has 1 aromatic carbocycles. The van der Waals surface area contributed by atoms with Gasteiger partial charge in [0.05, 0.1) is 6.04 Å². The van der Waals surface area contributed by atoms with Gasteiger partial charge in [-0.3, -0.25) is 4.40 Å². The van der Waals surface area contributed by atoms with E-state index < -0.39 is 0 Å². The van der Waals surface area contributed by atoms with Crippen LogP contribution in [0.5, 0.6) is 0 Å². The molecule has 18 heavy (non-hydrogen) atoms. The van der Waals surface area contributed by atoms with E-state index in [9.17, 15) is 0 Å². The highest BCUT2D eigenvalue weighted by Gasteiger charge is 2.09. The normalized spacial score (nSPS) is 12.5. The molecule has 0 unspecified atom stereocenters. The van der Waals surface area contributed by atoms with Crippen molar-refractivity contribution in [3.05, 3.63) is 54.6 Å². The van der Waals surface area contributed by atoms with Crippen molar-refractivity contribution < 1.29 is 0 Å². The molecular formula is C13H13N5. The Labute approximate surface area is 105 Å². The molecule has 0 spiro atoms. The highest BCUT2D eigenvalue weighted by atomic mass is 15.2. The average Bonchev–Trinajstić information content (AvgIpc) is 2.89. The number of rotatable bonds is 3. The van der Waals surface area contributed by atoms with Gasteiger partial charge in [0.2, 0.25) is 5.65 Å². The first-order valence-corrected chi connectivity index (χ1v) is 5.80. The summed E-state index contributed by atoms with van der Waals surface area (Å²) >= 11 is 0. The maximum Gasteiger partial charge on any atom is 0.203 e. The van der Waals surface area contributed by atoms with Crippen molar-refractivity contribution in [1.82, 2.24) is 19.6 Å². The van der Waals surface area contributed by atoms with Gasteiger partial charge in [0.1, 0.15) is 6.33 Å². The highest BCUT2D eigenvalue weighted by molar-refractivity contribution is 5.62. The maximum atomic E-state index is 4.31. The molecule has 0 saturated carbocycles. The Balaban J connectivity index is 1.91. The molecule has 1 atom stereocenters. The lowest BCUT2D eigenvalue weighted by Gasteiger charge is -2.14. The molecule has 0 fully saturated rings. The van der Waals surface area contributed by atoms with Crippen molar-refractivity contribution >= 4 is 11.5 Å². The molecule has 0 saturated heterocycles.